The maximum Gasteiger partial charge on any atom is 0.303 e. The number of nitrogens with one attached hydrogen (secondary N) is 1. The van der Waals surface area contributed by atoms with Crippen LogP contribution in [0.1, 0.15) is 65.2 Å². The lowest BCUT2D eigenvalue weighted by molar-refractivity contribution is -0.137. The zero-order valence-corrected chi connectivity index (χ0v) is 12.9. The van der Waals surface area contributed by atoms with Gasteiger partial charge in [0.15, 0.2) is 0 Å². The Morgan fingerprint density at radius 3 is 2.30 bits per heavy atom. The third-order valence-electron chi connectivity index (χ3n) is 3.36. The number of unbranched alkanes of at least 4 members (excludes halogenated alkanes) is 3. The fraction of sp³-hybridized carbons (Fsp3) is 0.867. The van der Waals surface area contributed by atoms with Crippen molar-refractivity contribution < 1.29 is 14.7 Å². The van der Waals surface area contributed by atoms with Gasteiger partial charge < -0.3 is 16.2 Å². The Balaban J connectivity index is 3.45. The zero-order chi connectivity index (χ0) is 15.4. The summed E-state index contributed by atoms with van der Waals surface area (Å²) in [5.41, 5.74) is 5.67. The monoisotopic (exact) mass is 286 g/mol. The molecule has 1 amide bonds. The minimum atomic E-state index is -0.737. The molecule has 0 aromatic heterocycles. The Labute approximate surface area is 122 Å². The van der Waals surface area contributed by atoms with E-state index in [0.717, 1.165) is 44.9 Å². The van der Waals surface area contributed by atoms with Crippen LogP contribution in [0.3, 0.4) is 0 Å². The molecule has 2 atom stereocenters. The summed E-state index contributed by atoms with van der Waals surface area (Å²) in [5.74, 6) is -0.583. The number of hydrogen-bond donors (Lipinski definition) is 3. The van der Waals surface area contributed by atoms with Crippen molar-refractivity contribution in [2.45, 2.75) is 71.3 Å². The minimum absolute atomic E-state index is 0.0424. The van der Waals surface area contributed by atoms with Gasteiger partial charge in [-0.1, -0.05) is 26.2 Å². The van der Waals surface area contributed by atoms with Crippen LogP contribution < -0.4 is 11.1 Å². The molecule has 0 aliphatic carbocycles. The maximum atomic E-state index is 11.8. The number of nitrogens with two attached hydrogens (primary N) is 1. The number of amides is 1. The number of rotatable bonds is 12. The third kappa shape index (κ3) is 12.0. The molecule has 118 valence electrons. The van der Waals surface area contributed by atoms with Gasteiger partial charge in [-0.3, -0.25) is 9.59 Å². The molecule has 0 saturated heterocycles. The molecule has 0 spiro atoms. The molecule has 5 nitrogen and oxygen atoms in total. The molecule has 0 rings (SSSR count). The van der Waals surface area contributed by atoms with Crippen LogP contribution in [0.25, 0.3) is 0 Å². The van der Waals surface area contributed by atoms with Crippen LogP contribution >= 0.6 is 0 Å². The SMILES string of the molecule is CC(N)CCCC(C)C(=O)NCCCCCCC(=O)O. The van der Waals surface area contributed by atoms with Crippen LogP contribution in [0.15, 0.2) is 0 Å². The Kier molecular flexibility index (Phi) is 11.1. The number of carboxylic acid groups (broad SMARTS) is 1. The Bertz CT molecular complexity index is 280. The lowest BCUT2D eigenvalue weighted by Crippen LogP contribution is -2.30. The van der Waals surface area contributed by atoms with Crippen LogP contribution in [-0.4, -0.2) is 29.6 Å². The van der Waals surface area contributed by atoms with E-state index < -0.39 is 5.97 Å². The molecule has 0 heterocycles. The topological polar surface area (TPSA) is 92.4 Å². The first kappa shape index (κ1) is 18.9. The van der Waals surface area contributed by atoms with Gasteiger partial charge in [-0.05, 0) is 32.6 Å². The minimum Gasteiger partial charge on any atom is -0.481 e. The summed E-state index contributed by atoms with van der Waals surface area (Å²) >= 11 is 0. The average Bonchev–Trinajstić information content (AvgIpc) is 2.36. The summed E-state index contributed by atoms with van der Waals surface area (Å²) in [4.78, 5) is 22.1. The highest BCUT2D eigenvalue weighted by molar-refractivity contribution is 5.78. The molecule has 0 bridgehead atoms. The molecule has 4 N–H and O–H groups in total. The lowest BCUT2D eigenvalue weighted by atomic mass is 10.0. The predicted molar refractivity (Wildman–Crippen MR) is 80.4 cm³/mol. The molecule has 0 radical (unpaired) electrons. The summed E-state index contributed by atoms with van der Waals surface area (Å²) in [6, 6.07) is 0.205. The first-order valence-electron chi connectivity index (χ1n) is 7.68. The van der Waals surface area contributed by atoms with Gasteiger partial charge in [0.05, 0.1) is 0 Å². The van der Waals surface area contributed by atoms with E-state index in [1.165, 1.54) is 0 Å². The van der Waals surface area contributed by atoms with Crippen LogP contribution in [0.4, 0.5) is 0 Å². The molecule has 0 aromatic carbocycles. The van der Waals surface area contributed by atoms with Gasteiger partial charge in [0.1, 0.15) is 0 Å². The molecular weight excluding hydrogens is 256 g/mol. The highest BCUT2D eigenvalue weighted by atomic mass is 16.4. The van der Waals surface area contributed by atoms with E-state index in [1.54, 1.807) is 0 Å². The molecule has 20 heavy (non-hydrogen) atoms. The second-order valence-corrected chi connectivity index (χ2v) is 5.66. The first-order chi connectivity index (χ1) is 9.43. The summed E-state index contributed by atoms with van der Waals surface area (Å²) in [7, 11) is 0. The number of hydrogen-bond acceptors (Lipinski definition) is 3. The van der Waals surface area contributed by atoms with Gasteiger partial charge in [-0.2, -0.15) is 0 Å². The van der Waals surface area contributed by atoms with Crippen molar-refractivity contribution in [3.05, 3.63) is 0 Å². The van der Waals surface area contributed by atoms with Gasteiger partial charge in [0.2, 0.25) is 5.91 Å². The van der Waals surface area contributed by atoms with E-state index in [2.05, 4.69) is 5.32 Å². The first-order valence-corrected chi connectivity index (χ1v) is 7.68. The van der Waals surface area contributed by atoms with Crippen molar-refractivity contribution >= 4 is 11.9 Å². The second-order valence-electron chi connectivity index (χ2n) is 5.66. The number of carboxylic acids is 1. The quantitative estimate of drug-likeness (QED) is 0.480. The molecule has 2 unspecified atom stereocenters. The molecule has 0 aromatic rings. The molecule has 0 aliphatic heterocycles. The Hall–Kier alpha value is -1.10. The highest BCUT2D eigenvalue weighted by Crippen LogP contribution is 2.09. The number of aliphatic carboxylic acids is 1. The van der Waals surface area contributed by atoms with E-state index in [4.69, 9.17) is 10.8 Å². The summed E-state index contributed by atoms with van der Waals surface area (Å²) in [5, 5.41) is 11.4. The van der Waals surface area contributed by atoms with Gasteiger partial charge in [0, 0.05) is 24.9 Å². The van der Waals surface area contributed by atoms with Crippen molar-refractivity contribution in [1.82, 2.24) is 5.32 Å². The molecule has 0 aliphatic rings. The van der Waals surface area contributed by atoms with E-state index in [1.807, 2.05) is 13.8 Å². The van der Waals surface area contributed by atoms with Crippen LogP contribution in [0.2, 0.25) is 0 Å². The fourth-order valence-corrected chi connectivity index (χ4v) is 2.02. The van der Waals surface area contributed by atoms with E-state index in [-0.39, 0.29) is 24.3 Å². The maximum absolute atomic E-state index is 11.8. The molecule has 0 fully saturated rings. The smallest absolute Gasteiger partial charge is 0.303 e. The number of carbonyl (C=O) groups excluding carboxylic acids is 1. The summed E-state index contributed by atoms with van der Waals surface area (Å²) in [6.07, 6.45) is 6.57. The largest absolute Gasteiger partial charge is 0.481 e. The highest BCUT2D eigenvalue weighted by Gasteiger charge is 2.11. The van der Waals surface area contributed by atoms with Gasteiger partial charge in [-0.25, -0.2) is 0 Å². The third-order valence-corrected chi connectivity index (χ3v) is 3.36. The van der Waals surface area contributed by atoms with Crippen LogP contribution in [0, 0.1) is 5.92 Å². The van der Waals surface area contributed by atoms with Crippen molar-refractivity contribution in [3.63, 3.8) is 0 Å². The van der Waals surface area contributed by atoms with Gasteiger partial charge >= 0.3 is 5.97 Å². The Morgan fingerprint density at radius 1 is 1.05 bits per heavy atom. The molecule has 0 saturated carbocycles. The summed E-state index contributed by atoms with van der Waals surface area (Å²) < 4.78 is 0. The number of carbonyl (C=O) groups is 2. The average molecular weight is 286 g/mol. The zero-order valence-electron chi connectivity index (χ0n) is 12.9. The van der Waals surface area contributed by atoms with Crippen LogP contribution in [-0.2, 0) is 9.59 Å². The standard InChI is InChI=1S/C15H30N2O3/c1-12(8-7-9-13(2)16)15(20)17-11-6-4-3-5-10-14(18)19/h12-13H,3-11,16H2,1-2H3,(H,17,20)(H,18,19). The van der Waals surface area contributed by atoms with E-state index in [9.17, 15) is 9.59 Å². The summed E-state index contributed by atoms with van der Waals surface area (Å²) in [6.45, 7) is 4.61. The van der Waals surface area contributed by atoms with Crippen molar-refractivity contribution in [2.24, 2.45) is 11.7 Å². The van der Waals surface area contributed by atoms with E-state index >= 15 is 0 Å². The van der Waals surface area contributed by atoms with Crippen molar-refractivity contribution in [3.8, 4) is 0 Å². The molecular formula is C15H30N2O3. The normalized spacial score (nSPS) is 13.8. The Morgan fingerprint density at radius 2 is 1.70 bits per heavy atom. The lowest BCUT2D eigenvalue weighted by Gasteiger charge is -2.12. The molecule has 5 heteroatoms. The van der Waals surface area contributed by atoms with Crippen LogP contribution in [0.5, 0.6) is 0 Å². The fourth-order valence-electron chi connectivity index (χ4n) is 2.02. The van der Waals surface area contributed by atoms with E-state index in [0.29, 0.717) is 6.54 Å². The van der Waals surface area contributed by atoms with Crippen molar-refractivity contribution in [2.75, 3.05) is 6.54 Å². The van der Waals surface area contributed by atoms with Gasteiger partial charge in [0.25, 0.3) is 0 Å². The second kappa shape index (κ2) is 11.7. The van der Waals surface area contributed by atoms with Gasteiger partial charge in [-0.15, -0.1) is 0 Å². The van der Waals surface area contributed by atoms with Crippen molar-refractivity contribution in [1.29, 1.82) is 0 Å². The predicted octanol–water partition coefficient (Wildman–Crippen LogP) is 2.29.